The summed E-state index contributed by atoms with van der Waals surface area (Å²) in [5.41, 5.74) is 2.76. The number of aromatic nitrogens is 2. The van der Waals surface area contributed by atoms with E-state index in [9.17, 15) is 26.4 Å². The Morgan fingerprint density at radius 3 is 2.17 bits per heavy atom. The molecule has 15 heteroatoms. The molecule has 260 valence electrons. The number of benzene rings is 2. The van der Waals surface area contributed by atoms with Crippen LogP contribution in [-0.4, -0.2) is 104 Å². The Hall–Kier alpha value is -3.79. The molecule has 1 aromatic heterocycles. The maximum Gasteiger partial charge on any atom is 0.573 e. The minimum atomic E-state index is -4.92. The van der Waals surface area contributed by atoms with Crippen LogP contribution in [0.5, 0.6) is 5.75 Å². The van der Waals surface area contributed by atoms with Crippen LogP contribution in [0.4, 0.5) is 19.0 Å². The van der Waals surface area contributed by atoms with Crippen molar-refractivity contribution in [2.75, 3.05) is 57.8 Å². The van der Waals surface area contributed by atoms with E-state index in [0.717, 1.165) is 71.6 Å². The average molecular weight is 690 g/mol. The number of carbonyl (C=O) groups excluding carboxylic acids is 1. The molecule has 0 aliphatic carbocycles. The third-order valence-electron chi connectivity index (χ3n) is 8.58. The number of piperazine rings is 2. The molecule has 2 aliphatic rings. The Labute approximate surface area is 279 Å². The maximum atomic E-state index is 13.8. The zero-order valence-electron chi connectivity index (χ0n) is 27.6. The molecule has 3 heterocycles. The molecule has 2 aliphatic heterocycles. The number of likely N-dealkylation sites (N-methyl/N-ethyl adjacent to an activating group) is 1. The molecular weight excluding hydrogens is 647 g/mol. The third-order valence-corrected chi connectivity index (χ3v) is 10.5. The van der Waals surface area contributed by atoms with Gasteiger partial charge in [0.05, 0.1) is 23.0 Å². The molecule has 11 nitrogen and oxygen atoms in total. The topological polar surface area (TPSA) is 111 Å². The van der Waals surface area contributed by atoms with Crippen molar-refractivity contribution < 1.29 is 31.1 Å². The van der Waals surface area contributed by atoms with Crippen molar-refractivity contribution in [3.63, 3.8) is 0 Å². The average Bonchev–Trinajstić information content (AvgIpc) is 3.04. The van der Waals surface area contributed by atoms with E-state index in [2.05, 4.69) is 57.6 Å². The summed E-state index contributed by atoms with van der Waals surface area (Å²) in [6.07, 6.45) is -1.57. The van der Waals surface area contributed by atoms with E-state index in [1.54, 1.807) is 12.4 Å². The summed E-state index contributed by atoms with van der Waals surface area (Å²) in [4.78, 5) is 29.1. The predicted octanol–water partition coefficient (Wildman–Crippen LogP) is 3.62. The summed E-state index contributed by atoms with van der Waals surface area (Å²) in [5, 5.41) is 2.88. The van der Waals surface area contributed by atoms with Gasteiger partial charge < -0.3 is 19.9 Å². The van der Waals surface area contributed by atoms with Crippen molar-refractivity contribution >= 4 is 21.7 Å². The van der Waals surface area contributed by atoms with Crippen molar-refractivity contribution in [2.45, 2.75) is 56.6 Å². The lowest BCUT2D eigenvalue weighted by Gasteiger charge is -2.40. The van der Waals surface area contributed by atoms with Crippen molar-refractivity contribution in [3.05, 3.63) is 77.7 Å². The molecule has 2 fully saturated rings. The van der Waals surface area contributed by atoms with Crippen molar-refractivity contribution in [2.24, 2.45) is 0 Å². The number of nitrogens with zero attached hydrogens (tertiary/aromatic N) is 6. The molecule has 0 spiro atoms. The Morgan fingerprint density at radius 1 is 0.917 bits per heavy atom. The minimum absolute atomic E-state index is 0.00419. The molecule has 1 N–H and O–H groups in total. The second-order valence-electron chi connectivity index (χ2n) is 13.2. The maximum absolute atomic E-state index is 13.8. The number of carbonyl (C=O) groups is 1. The van der Waals surface area contributed by atoms with Crippen molar-refractivity contribution in [1.82, 2.24) is 29.4 Å². The second kappa shape index (κ2) is 14.4. The molecule has 0 radical (unpaired) electrons. The zero-order chi connectivity index (χ0) is 34.7. The van der Waals surface area contributed by atoms with Gasteiger partial charge >= 0.3 is 6.36 Å². The number of rotatable bonds is 9. The van der Waals surface area contributed by atoms with Gasteiger partial charge in [-0.2, -0.15) is 4.31 Å². The van der Waals surface area contributed by atoms with Gasteiger partial charge in [-0.15, -0.1) is 13.2 Å². The van der Waals surface area contributed by atoms with Crippen LogP contribution in [0.1, 0.15) is 37.6 Å². The quantitative estimate of drug-likeness (QED) is 0.360. The summed E-state index contributed by atoms with van der Waals surface area (Å²) in [6.45, 7) is 11.2. The highest BCUT2D eigenvalue weighted by Crippen LogP contribution is 2.28. The first kappa shape index (κ1) is 35.5. The summed E-state index contributed by atoms with van der Waals surface area (Å²) in [6, 6.07) is 10.6. The highest BCUT2D eigenvalue weighted by molar-refractivity contribution is 7.89. The second-order valence-corrected chi connectivity index (χ2v) is 15.1. The number of hydrogen-bond acceptors (Lipinski definition) is 9. The minimum Gasteiger partial charge on any atom is -0.406 e. The van der Waals surface area contributed by atoms with Crippen LogP contribution in [0.15, 0.2) is 65.8 Å². The van der Waals surface area contributed by atoms with Gasteiger partial charge in [-0.3, -0.25) is 14.7 Å². The predicted molar refractivity (Wildman–Crippen MR) is 175 cm³/mol. The molecule has 5 rings (SSSR count). The van der Waals surface area contributed by atoms with E-state index in [1.807, 2.05) is 29.2 Å². The molecular formula is C33H42F3N7O4S. The molecule has 48 heavy (non-hydrogen) atoms. The van der Waals surface area contributed by atoms with Gasteiger partial charge in [-0.05, 0) is 47.9 Å². The molecule has 1 atom stereocenters. The fraction of sp³-hybridized carbons (Fsp3) is 0.485. The monoisotopic (exact) mass is 689 g/mol. The smallest absolute Gasteiger partial charge is 0.406 e. The summed E-state index contributed by atoms with van der Waals surface area (Å²) >= 11 is 0. The van der Waals surface area contributed by atoms with E-state index in [1.165, 1.54) is 0 Å². The van der Waals surface area contributed by atoms with Gasteiger partial charge in [-0.1, -0.05) is 45.0 Å². The van der Waals surface area contributed by atoms with Crippen LogP contribution in [-0.2, 0) is 33.3 Å². The number of halogens is 3. The number of hydrogen-bond donors (Lipinski definition) is 1. The number of nitrogens with one attached hydrogen (secondary N) is 1. The van der Waals surface area contributed by atoms with Crippen LogP contribution < -0.4 is 15.0 Å². The van der Waals surface area contributed by atoms with E-state index in [0.29, 0.717) is 12.4 Å². The van der Waals surface area contributed by atoms with Crippen LogP contribution in [0, 0.1) is 0 Å². The summed E-state index contributed by atoms with van der Waals surface area (Å²) in [5.74, 6) is -0.550. The molecule has 0 saturated carbocycles. The molecule has 0 unspecified atom stereocenters. The molecule has 1 amide bonds. The van der Waals surface area contributed by atoms with Crippen LogP contribution in [0.3, 0.4) is 0 Å². The van der Waals surface area contributed by atoms with Crippen LogP contribution >= 0.6 is 0 Å². The molecule has 2 aromatic carbocycles. The van der Waals surface area contributed by atoms with E-state index in [4.69, 9.17) is 0 Å². The van der Waals surface area contributed by atoms with E-state index >= 15 is 0 Å². The first-order chi connectivity index (χ1) is 22.6. The highest BCUT2D eigenvalue weighted by Gasteiger charge is 2.41. The number of anilines is 1. The summed E-state index contributed by atoms with van der Waals surface area (Å²) < 4.78 is 70.7. The first-order valence-electron chi connectivity index (χ1n) is 15.8. The van der Waals surface area contributed by atoms with Crippen LogP contribution in [0.2, 0.25) is 0 Å². The third kappa shape index (κ3) is 9.01. The molecule has 0 bridgehead atoms. The lowest BCUT2D eigenvalue weighted by molar-refractivity contribution is -0.274. The number of amides is 1. The van der Waals surface area contributed by atoms with E-state index < -0.39 is 34.1 Å². The first-order valence-corrected chi connectivity index (χ1v) is 17.2. The van der Waals surface area contributed by atoms with Gasteiger partial charge in [0.15, 0.2) is 0 Å². The Morgan fingerprint density at radius 2 is 1.58 bits per heavy atom. The molecule has 2 saturated heterocycles. The van der Waals surface area contributed by atoms with Gasteiger partial charge in [-0.25, -0.2) is 13.4 Å². The fourth-order valence-electron chi connectivity index (χ4n) is 5.68. The Kier molecular flexibility index (Phi) is 10.6. The highest BCUT2D eigenvalue weighted by atomic mass is 32.2. The fourth-order valence-corrected chi connectivity index (χ4v) is 7.25. The normalized spacial score (nSPS) is 18.9. The van der Waals surface area contributed by atoms with Crippen LogP contribution in [0.25, 0.3) is 0 Å². The van der Waals surface area contributed by atoms with Gasteiger partial charge in [0.25, 0.3) is 0 Å². The van der Waals surface area contributed by atoms with Gasteiger partial charge in [0.2, 0.25) is 15.9 Å². The number of sulfonamides is 1. The Bertz CT molecular complexity index is 1640. The zero-order valence-corrected chi connectivity index (χ0v) is 28.4. The SMILES string of the molecule is CN1CCN(Cc2cnc(N3CCN(S(=O)(=O)c4ccc(OC(F)(F)F)cc4)[C@@H](C(=O)NCc4ccc(C(C)(C)C)cc4)C3)cn2)CC1. The number of alkyl halides is 3. The van der Waals surface area contributed by atoms with Crippen molar-refractivity contribution in [1.29, 1.82) is 0 Å². The van der Waals surface area contributed by atoms with Gasteiger partial charge in [0.1, 0.15) is 17.6 Å². The largest absolute Gasteiger partial charge is 0.573 e. The summed E-state index contributed by atoms with van der Waals surface area (Å²) in [7, 11) is -2.20. The standard InChI is InChI=1S/C33H42F3N7O4S/c1-32(2,3)25-7-5-24(6-8-25)19-39-31(44)29-23-42(30-21-37-26(20-38-30)22-41-15-13-40(4)14-16-41)17-18-43(29)48(45,46)28-11-9-27(10-12-28)47-33(34,35)36/h5-12,20-21,29H,13-19,22-23H2,1-4H3,(H,39,44)/t29-/m1/s1. The van der Waals surface area contributed by atoms with E-state index in [-0.39, 0.29) is 36.5 Å². The lowest BCUT2D eigenvalue weighted by Crippen LogP contribution is -2.60. The lowest BCUT2D eigenvalue weighted by atomic mass is 9.87. The van der Waals surface area contributed by atoms with Gasteiger partial charge in [0, 0.05) is 58.9 Å². The van der Waals surface area contributed by atoms with Crippen molar-refractivity contribution in [3.8, 4) is 5.75 Å². The molecule has 3 aromatic rings. The Balaban J connectivity index is 1.33. The number of ether oxygens (including phenoxy) is 1.